The molecule has 1 aliphatic carbocycles. The van der Waals surface area contributed by atoms with Crippen molar-refractivity contribution in [2.75, 3.05) is 11.9 Å². The van der Waals surface area contributed by atoms with Crippen LogP contribution in [0.3, 0.4) is 0 Å². The van der Waals surface area contributed by atoms with Crippen LogP contribution in [0.4, 0.5) is 5.82 Å². The van der Waals surface area contributed by atoms with Gasteiger partial charge in [0, 0.05) is 18.8 Å². The Labute approximate surface area is 165 Å². The van der Waals surface area contributed by atoms with E-state index < -0.39 is 5.41 Å². The minimum absolute atomic E-state index is 0.0618. The Kier molecular flexibility index (Phi) is 4.63. The maximum absolute atomic E-state index is 12.2. The Morgan fingerprint density at radius 2 is 1.93 bits per heavy atom. The van der Waals surface area contributed by atoms with E-state index in [9.17, 15) is 4.79 Å². The van der Waals surface area contributed by atoms with Crippen LogP contribution >= 0.6 is 0 Å². The van der Waals surface area contributed by atoms with Crippen molar-refractivity contribution in [2.45, 2.75) is 71.3 Å². The number of nitrogens with zero attached hydrogens (tertiary/aromatic N) is 3. The Bertz CT molecular complexity index is 881. The maximum atomic E-state index is 12.2. The first-order valence-corrected chi connectivity index (χ1v) is 10.1. The van der Waals surface area contributed by atoms with Crippen molar-refractivity contribution >= 4 is 11.7 Å². The van der Waals surface area contributed by atoms with E-state index >= 15 is 0 Å². The fourth-order valence-electron chi connectivity index (χ4n) is 4.08. The number of aryl methyl sites for hydroxylation is 1. The molecule has 0 bridgehead atoms. The molecule has 0 spiro atoms. The molecule has 1 amide bonds. The highest BCUT2D eigenvalue weighted by Crippen LogP contribution is 2.38. The highest BCUT2D eigenvalue weighted by molar-refractivity contribution is 5.88. The average Bonchev–Trinajstić information content (AvgIpc) is 3.27. The van der Waals surface area contributed by atoms with Gasteiger partial charge in [-0.3, -0.25) is 4.79 Å². The first-order chi connectivity index (χ1) is 13.3. The quantitative estimate of drug-likeness (QED) is 0.838. The molecule has 0 aromatic carbocycles. The molecule has 2 aromatic rings. The summed E-state index contributed by atoms with van der Waals surface area (Å²) in [6.07, 6.45) is 7.14. The minimum atomic E-state index is -0.759. The molecule has 1 unspecified atom stereocenters. The molecule has 150 valence electrons. The smallest absolute Gasteiger partial charge is 0.251 e. The van der Waals surface area contributed by atoms with Gasteiger partial charge in [0.1, 0.15) is 11.2 Å². The summed E-state index contributed by atoms with van der Waals surface area (Å²) in [6, 6.07) is 2.40. The van der Waals surface area contributed by atoms with Crippen LogP contribution in [0.2, 0.25) is 0 Å². The van der Waals surface area contributed by atoms with E-state index in [0.29, 0.717) is 36.2 Å². The lowest BCUT2D eigenvalue weighted by molar-refractivity contribution is -0.124. The number of amides is 1. The molecule has 4 rings (SSSR count). The van der Waals surface area contributed by atoms with Gasteiger partial charge in [-0.05, 0) is 63.0 Å². The number of carbonyl (C=O) groups is 1. The molecule has 1 saturated carbocycles. The topological polar surface area (TPSA) is 92.9 Å². The van der Waals surface area contributed by atoms with Crippen molar-refractivity contribution in [3.63, 3.8) is 0 Å². The number of aromatic nitrogens is 3. The summed E-state index contributed by atoms with van der Waals surface area (Å²) in [5.74, 6) is 1.48. The molecule has 7 heteroatoms. The molecular formula is C21H29N5O2. The minimum Gasteiger partial charge on any atom is -0.419 e. The second-order valence-electron chi connectivity index (χ2n) is 9.24. The fraction of sp³-hybridized carbons (Fsp3) is 0.619. The van der Waals surface area contributed by atoms with E-state index in [1.165, 1.54) is 12.8 Å². The van der Waals surface area contributed by atoms with Crippen LogP contribution in [-0.4, -0.2) is 33.7 Å². The summed E-state index contributed by atoms with van der Waals surface area (Å²) < 4.78 is 5.98. The highest BCUT2D eigenvalue weighted by Gasteiger charge is 2.44. The van der Waals surface area contributed by atoms with Crippen molar-refractivity contribution in [1.82, 2.24) is 20.5 Å². The standard InChI is InChI=1S/C21H29N5O2/c1-13-11-15(16(23-12-13)24-14-5-7-20(2,3)8-6-14)17-25-26-19(28-17)21(4)9-10-22-18(21)27/h11-12,14H,5-10H2,1-4H3,(H,22,27)(H,23,24). The second kappa shape index (κ2) is 6.87. The fourth-order valence-corrected chi connectivity index (χ4v) is 4.08. The molecule has 1 saturated heterocycles. The van der Waals surface area contributed by atoms with Gasteiger partial charge >= 0.3 is 0 Å². The molecule has 7 nitrogen and oxygen atoms in total. The first-order valence-electron chi connectivity index (χ1n) is 10.1. The first kappa shape index (κ1) is 18.9. The lowest BCUT2D eigenvalue weighted by Gasteiger charge is -2.35. The van der Waals surface area contributed by atoms with Crippen LogP contribution in [0.25, 0.3) is 11.5 Å². The van der Waals surface area contributed by atoms with Crippen LogP contribution in [0.15, 0.2) is 16.7 Å². The van der Waals surface area contributed by atoms with Gasteiger partial charge < -0.3 is 15.1 Å². The molecule has 2 N–H and O–H groups in total. The van der Waals surface area contributed by atoms with Crippen molar-refractivity contribution in [3.05, 3.63) is 23.7 Å². The summed E-state index contributed by atoms with van der Waals surface area (Å²) >= 11 is 0. The summed E-state index contributed by atoms with van der Waals surface area (Å²) in [5, 5.41) is 14.9. The van der Waals surface area contributed by atoms with Gasteiger partial charge in [0.05, 0.1) is 5.56 Å². The van der Waals surface area contributed by atoms with E-state index in [1.807, 2.05) is 26.1 Å². The molecule has 0 radical (unpaired) electrons. The predicted octanol–water partition coefficient (Wildman–Crippen LogP) is 3.60. The van der Waals surface area contributed by atoms with E-state index in [2.05, 4.69) is 39.7 Å². The zero-order valence-corrected chi connectivity index (χ0v) is 17.1. The maximum Gasteiger partial charge on any atom is 0.251 e. The largest absolute Gasteiger partial charge is 0.419 e. The van der Waals surface area contributed by atoms with Gasteiger partial charge in [-0.2, -0.15) is 0 Å². The van der Waals surface area contributed by atoms with E-state index in [-0.39, 0.29) is 5.91 Å². The van der Waals surface area contributed by atoms with Crippen molar-refractivity contribution < 1.29 is 9.21 Å². The Morgan fingerprint density at radius 3 is 2.61 bits per heavy atom. The monoisotopic (exact) mass is 383 g/mol. The number of carbonyl (C=O) groups excluding carboxylic acids is 1. The van der Waals surface area contributed by atoms with Crippen LogP contribution in [0.1, 0.15) is 64.3 Å². The summed E-state index contributed by atoms with van der Waals surface area (Å²) in [6.45, 7) is 9.14. The third-order valence-electron chi connectivity index (χ3n) is 6.24. The lowest BCUT2D eigenvalue weighted by atomic mass is 9.75. The third kappa shape index (κ3) is 3.50. The highest BCUT2D eigenvalue weighted by atomic mass is 16.4. The van der Waals surface area contributed by atoms with Gasteiger partial charge in [-0.25, -0.2) is 4.98 Å². The molecule has 1 aliphatic heterocycles. The van der Waals surface area contributed by atoms with E-state index in [0.717, 1.165) is 29.8 Å². The number of anilines is 1. The van der Waals surface area contributed by atoms with Crippen molar-refractivity contribution in [3.8, 4) is 11.5 Å². The molecule has 2 aromatic heterocycles. The van der Waals surface area contributed by atoms with Crippen molar-refractivity contribution in [2.24, 2.45) is 5.41 Å². The van der Waals surface area contributed by atoms with Gasteiger partial charge in [0.15, 0.2) is 0 Å². The average molecular weight is 383 g/mol. The molecule has 28 heavy (non-hydrogen) atoms. The van der Waals surface area contributed by atoms with Gasteiger partial charge in [-0.15, -0.1) is 10.2 Å². The molecule has 1 atom stereocenters. The Morgan fingerprint density at radius 1 is 1.18 bits per heavy atom. The van der Waals surface area contributed by atoms with E-state index in [1.54, 1.807) is 0 Å². The van der Waals surface area contributed by atoms with Crippen LogP contribution in [-0.2, 0) is 10.2 Å². The molecule has 2 aliphatic rings. The zero-order chi connectivity index (χ0) is 19.9. The normalized spacial score (nSPS) is 24.9. The number of rotatable bonds is 4. The predicted molar refractivity (Wildman–Crippen MR) is 107 cm³/mol. The SMILES string of the molecule is Cc1cnc(NC2CCC(C)(C)CC2)c(-c2nnc(C3(C)CCNC3=O)o2)c1. The molecule has 2 fully saturated rings. The number of nitrogens with one attached hydrogen (secondary N) is 2. The summed E-state index contributed by atoms with van der Waals surface area (Å²) in [5.41, 5.74) is 1.48. The van der Waals surface area contributed by atoms with E-state index in [4.69, 9.17) is 4.42 Å². The molecular weight excluding hydrogens is 354 g/mol. The van der Waals surface area contributed by atoms with Crippen LogP contribution < -0.4 is 10.6 Å². The third-order valence-corrected chi connectivity index (χ3v) is 6.24. The van der Waals surface area contributed by atoms with Gasteiger partial charge in [-0.1, -0.05) is 13.8 Å². The van der Waals surface area contributed by atoms with Gasteiger partial charge in [0.25, 0.3) is 5.89 Å². The molecule has 3 heterocycles. The summed E-state index contributed by atoms with van der Waals surface area (Å²) in [7, 11) is 0. The summed E-state index contributed by atoms with van der Waals surface area (Å²) in [4.78, 5) is 16.8. The van der Waals surface area contributed by atoms with Crippen LogP contribution in [0, 0.1) is 12.3 Å². The number of pyridine rings is 1. The zero-order valence-electron chi connectivity index (χ0n) is 17.1. The lowest BCUT2D eigenvalue weighted by Crippen LogP contribution is -2.32. The van der Waals surface area contributed by atoms with Crippen molar-refractivity contribution in [1.29, 1.82) is 0 Å². The Hall–Kier alpha value is -2.44. The van der Waals surface area contributed by atoms with Gasteiger partial charge in [0.2, 0.25) is 11.8 Å². The Balaban J connectivity index is 1.60. The van der Waals surface area contributed by atoms with Crippen LogP contribution in [0.5, 0.6) is 0 Å². The number of hydrogen-bond acceptors (Lipinski definition) is 6. The number of hydrogen-bond donors (Lipinski definition) is 2. The second-order valence-corrected chi connectivity index (χ2v) is 9.24.